The average molecular weight is 461 g/mol. The smallest absolute Gasteiger partial charge is 0.331 e. The minimum Gasteiger partial charge on any atom is -0.497 e. The van der Waals surface area contributed by atoms with Crippen molar-refractivity contribution in [3.8, 4) is 5.75 Å². The molecule has 0 saturated heterocycles. The molecule has 2 aromatic carbocycles. The number of sulfonamides is 1. The lowest BCUT2D eigenvalue weighted by Gasteiger charge is -2.19. The molecule has 9 heteroatoms. The number of hydrogen-bond acceptors (Lipinski definition) is 6. The monoisotopic (exact) mass is 460 g/mol. The highest BCUT2D eigenvalue weighted by Gasteiger charge is 2.22. The Morgan fingerprint density at radius 2 is 1.72 bits per heavy atom. The van der Waals surface area contributed by atoms with Crippen LogP contribution in [0.3, 0.4) is 0 Å². The van der Waals surface area contributed by atoms with Crippen molar-refractivity contribution < 1.29 is 27.5 Å². The highest BCUT2D eigenvalue weighted by Crippen LogP contribution is 2.23. The summed E-state index contributed by atoms with van der Waals surface area (Å²) < 4.78 is 36.8. The van der Waals surface area contributed by atoms with Crippen LogP contribution in [-0.2, 0) is 24.3 Å². The van der Waals surface area contributed by atoms with Gasteiger partial charge in [-0.25, -0.2) is 13.2 Å². The molecule has 172 valence electrons. The second kappa shape index (κ2) is 11.4. The lowest BCUT2D eigenvalue weighted by Crippen LogP contribution is -2.30. The Labute approximate surface area is 188 Å². The molecule has 8 nitrogen and oxygen atoms in total. The summed E-state index contributed by atoms with van der Waals surface area (Å²) in [5.74, 6) is -0.548. The molecular formula is C23H28N2O6S. The van der Waals surface area contributed by atoms with Crippen molar-refractivity contribution in [2.75, 3.05) is 32.1 Å². The molecule has 0 heterocycles. The number of hydrogen-bond donors (Lipinski definition) is 1. The van der Waals surface area contributed by atoms with E-state index >= 15 is 0 Å². The number of methoxy groups -OCH3 is 1. The van der Waals surface area contributed by atoms with Crippen LogP contribution in [-0.4, -0.2) is 51.4 Å². The molecule has 0 unspecified atom stereocenters. The molecule has 0 aromatic heterocycles. The number of ether oxygens (including phenoxy) is 2. The van der Waals surface area contributed by atoms with Gasteiger partial charge < -0.3 is 14.8 Å². The fraction of sp³-hybridized carbons (Fsp3) is 0.304. The van der Waals surface area contributed by atoms with Gasteiger partial charge in [-0.15, -0.1) is 0 Å². The van der Waals surface area contributed by atoms with Crippen molar-refractivity contribution in [3.05, 3.63) is 59.7 Å². The first-order chi connectivity index (χ1) is 15.2. The fourth-order valence-electron chi connectivity index (χ4n) is 2.86. The zero-order chi connectivity index (χ0) is 23.7. The molecule has 0 bridgehead atoms. The number of aryl methyl sites for hydroxylation is 1. The van der Waals surface area contributed by atoms with Gasteiger partial charge in [0.15, 0.2) is 6.61 Å². The summed E-state index contributed by atoms with van der Waals surface area (Å²) in [4.78, 5) is 24.2. The van der Waals surface area contributed by atoms with Gasteiger partial charge in [0, 0.05) is 24.9 Å². The van der Waals surface area contributed by atoms with Gasteiger partial charge in [0.2, 0.25) is 10.0 Å². The molecule has 1 N–H and O–H groups in total. The molecule has 2 aromatic rings. The van der Waals surface area contributed by atoms with Crippen LogP contribution < -0.4 is 10.1 Å². The molecule has 0 aliphatic rings. The number of nitrogens with zero attached hydrogens (tertiary/aromatic N) is 1. The Hall–Kier alpha value is -3.17. The van der Waals surface area contributed by atoms with Gasteiger partial charge in [-0.3, -0.25) is 4.79 Å². The molecule has 0 aliphatic heterocycles. The van der Waals surface area contributed by atoms with E-state index in [1.807, 2.05) is 0 Å². The van der Waals surface area contributed by atoms with Crippen molar-refractivity contribution in [2.24, 2.45) is 0 Å². The van der Waals surface area contributed by atoms with Crippen molar-refractivity contribution in [1.29, 1.82) is 0 Å². The summed E-state index contributed by atoms with van der Waals surface area (Å²) >= 11 is 0. The van der Waals surface area contributed by atoms with Crippen LogP contribution >= 0.6 is 0 Å². The van der Waals surface area contributed by atoms with E-state index in [4.69, 9.17) is 9.47 Å². The largest absolute Gasteiger partial charge is 0.497 e. The Morgan fingerprint density at radius 1 is 1.06 bits per heavy atom. The van der Waals surface area contributed by atoms with Gasteiger partial charge in [0.05, 0.1) is 12.0 Å². The van der Waals surface area contributed by atoms with E-state index in [2.05, 4.69) is 5.32 Å². The predicted molar refractivity (Wildman–Crippen MR) is 123 cm³/mol. The van der Waals surface area contributed by atoms with Crippen molar-refractivity contribution in [3.63, 3.8) is 0 Å². The van der Waals surface area contributed by atoms with E-state index < -0.39 is 28.5 Å². The second-order valence-corrected chi connectivity index (χ2v) is 8.77. The first-order valence-corrected chi connectivity index (χ1v) is 11.5. The van der Waals surface area contributed by atoms with E-state index in [1.165, 1.54) is 22.5 Å². The summed E-state index contributed by atoms with van der Waals surface area (Å²) in [6.45, 7) is 5.44. The summed E-state index contributed by atoms with van der Waals surface area (Å²) in [5.41, 5.74) is 1.80. The maximum atomic E-state index is 12.7. The minimum absolute atomic E-state index is 0.0847. The van der Waals surface area contributed by atoms with Crippen molar-refractivity contribution in [2.45, 2.75) is 25.7 Å². The third kappa shape index (κ3) is 6.66. The number of rotatable bonds is 10. The molecule has 0 saturated carbocycles. The van der Waals surface area contributed by atoms with Gasteiger partial charge >= 0.3 is 5.97 Å². The average Bonchev–Trinajstić information content (AvgIpc) is 2.78. The molecule has 0 radical (unpaired) electrons. The van der Waals surface area contributed by atoms with Crippen molar-refractivity contribution >= 4 is 33.7 Å². The Morgan fingerprint density at radius 3 is 2.31 bits per heavy atom. The molecule has 2 rings (SSSR count). The molecule has 0 aliphatic carbocycles. The van der Waals surface area contributed by atoms with E-state index in [9.17, 15) is 18.0 Å². The number of carbonyl (C=O) groups excluding carboxylic acids is 2. The van der Waals surface area contributed by atoms with Crippen LogP contribution in [0.4, 0.5) is 5.69 Å². The maximum Gasteiger partial charge on any atom is 0.331 e. The van der Waals surface area contributed by atoms with Crippen LogP contribution in [0.2, 0.25) is 0 Å². The lowest BCUT2D eigenvalue weighted by molar-refractivity contribution is -0.142. The number of carbonyl (C=O) groups is 2. The lowest BCUT2D eigenvalue weighted by atomic mass is 10.2. The number of nitrogens with one attached hydrogen (secondary N) is 1. The summed E-state index contributed by atoms with van der Waals surface area (Å²) in [7, 11) is -2.10. The van der Waals surface area contributed by atoms with E-state index in [-0.39, 0.29) is 4.90 Å². The topological polar surface area (TPSA) is 102 Å². The maximum absolute atomic E-state index is 12.7. The third-order valence-electron chi connectivity index (χ3n) is 4.70. The first-order valence-electron chi connectivity index (χ1n) is 10.1. The predicted octanol–water partition coefficient (Wildman–Crippen LogP) is 3.23. The molecule has 0 atom stereocenters. The molecule has 0 spiro atoms. The van der Waals surface area contributed by atoms with Crippen LogP contribution in [0.5, 0.6) is 5.75 Å². The number of esters is 1. The normalized spacial score (nSPS) is 11.5. The van der Waals surface area contributed by atoms with Gasteiger partial charge in [0.25, 0.3) is 5.91 Å². The fourth-order valence-corrected chi connectivity index (χ4v) is 4.34. The zero-order valence-corrected chi connectivity index (χ0v) is 19.4. The molecule has 0 fully saturated rings. The molecular weight excluding hydrogens is 432 g/mol. The van der Waals surface area contributed by atoms with Gasteiger partial charge in [-0.2, -0.15) is 4.31 Å². The van der Waals surface area contributed by atoms with Gasteiger partial charge in [0.1, 0.15) is 5.75 Å². The number of amides is 1. The van der Waals surface area contributed by atoms with Crippen LogP contribution in [0.15, 0.2) is 53.4 Å². The Balaban J connectivity index is 1.98. The quantitative estimate of drug-likeness (QED) is 0.431. The van der Waals surface area contributed by atoms with Crippen LogP contribution in [0.25, 0.3) is 6.08 Å². The van der Waals surface area contributed by atoms with Crippen molar-refractivity contribution in [1.82, 2.24) is 4.31 Å². The van der Waals surface area contributed by atoms with E-state index in [1.54, 1.807) is 64.3 Å². The summed E-state index contributed by atoms with van der Waals surface area (Å²) in [6.07, 6.45) is 2.78. The third-order valence-corrected chi connectivity index (χ3v) is 6.75. The van der Waals surface area contributed by atoms with Crippen LogP contribution in [0, 0.1) is 6.92 Å². The van der Waals surface area contributed by atoms with E-state index in [0.717, 1.165) is 5.56 Å². The Kier molecular flexibility index (Phi) is 8.98. The number of anilines is 1. The molecule has 32 heavy (non-hydrogen) atoms. The highest BCUT2D eigenvalue weighted by atomic mass is 32.2. The van der Waals surface area contributed by atoms with Gasteiger partial charge in [-0.05, 0) is 48.4 Å². The highest BCUT2D eigenvalue weighted by molar-refractivity contribution is 7.89. The molecule has 1 amide bonds. The number of benzene rings is 2. The van der Waals surface area contributed by atoms with Gasteiger partial charge in [-0.1, -0.05) is 32.0 Å². The van der Waals surface area contributed by atoms with E-state index in [0.29, 0.717) is 30.1 Å². The minimum atomic E-state index is -3.66. The summed E-state index contributed by atoms with van der Waals surface area (Å²) in [6, 6.07) is 11.6. The summed E-state index contributed by atoms with van der Waals surface area (Å²) in [5, 5.41) is 2.60. The zero-order valence-electron chi connectivity index (χ0n) is 18.6. The Bertz CT molecular complexity index is 1070. The first kappa shape index (κ1) is 25.1. The van der Waals surface area contributed by atoms with Crippen LogP contribution in [0.1, 0.15) is 25.0 Å². The SMILES string of the molecule is CCN(CC)S(=O)(=O)c1ccc(C)c(NC(=O)COC(=O)/C=C/c2ccc(OC)cc2)c1. The standard InChI is InChI=1S/C23H28N2O6S/c1-5-25(6-2)32(28,29)20-13-7-17(3)21(15-20)24-22(26)16-31-23(27)14-10-18-8-11-19(30-4)12-9-18/h7-15H,5-6,16H2,1-4H3,(H,24,26)/b14-10+. The second-order valence-electron chi connectivity index (χ2n) is 6.83.